The smallest absolute Gasteiger partial charge is 0.323 e. The van der Waals surface area contributed by atoms with Gasteiger partial charge in [0, 0.05) is 11.9 Å². The molecule has 0 radical (unpaired) electrons. The average molecular weight is 630 g/mol. The topological polar surface area (TPSA) is 177 Å². The Morgan fingerprint density at radius 1 is 1.00 bits per heavy atom. The number of anilines is 3. The minimum Gasteiger partial charge on any atom is -0.358 e. The molecule has 222 valence electrons. The molecule has 0 aliphatic carbocycles. The van der Waals surface area contributed by atoms with Gasteiger partial charge < -0.3 is 20.9 Å². The van der Waals surface area contributed by atoms with Crippen LogP contribution in [0.4, 0.5) is 22.0 Å². The summed E-state index contributed by atoms with van der Waals surface area (Å²) in [6.07, 6.45) is 3.95. The van der Waals surface area contributed by atoms with E-state index < -0.39 is 27.5 Å². The Morgan fingerprint density at radius 2 is 1.80 bits per heavy atom. The minimum absolute atomic E-state index is 0.0169. The first-order valence-corrected chi connectivity index (χ1v) is 15.5. The van der Waals surface area contributed by atoms with Gasteiger partial charge in [0.15, 0.2) is 21.3 Å². The summed E-state index contributed by atoms with van der Waals surface area (Å²) >= 11 is 6.45. The van der Waals surface area contributed by atoms with Crippen molar-refractivity contribution in [3.8, 4) is 5.69 Å². The number of nitrogens with one attached hydrogen (secondary N) is 4. The molecule has 1 unspecified atom stereocenters. The first kappa shape index (κ1) is 28.8. The number of carbonyl (C=O) groups is 1. The number of urea groups is 1. The lowest BCUT2D eigenvalue weighted by atomic mass is 10.2. The molecule has 0 spiro atoms. The number of aromatic amines is 1. The third-order valence-corrected chi connectivity index (χ3v) is 8.20. The number of aromatic nitrogens is 6. The first-order valence-electron chi connectivity index (χ1n) is 13.2. The largest absolute Gasteiger partial charge is 0.358 e. The van der Waals surface area contributed by atoms with E-state index in [4.69, 9.17) is 16.6 Å². The maximum absolute atomic E-state index is 14.0. The summed E-state index contributed by atoms with van der Waals surface area (Å²) in [7, 11) is -3.58. The van der Waals surface area contributed by atoms with Gasteiger partial charge in [-0.25, -0.2) is 33.1 Å². The van der Waals surface area contributed by atoms with Crippen molar-refractivity contribution in [2.45, 2.75) is 17.9 Å². The van der Waals surface area contributed by atoms with Crippen molar-refractivity contribution in [2.75, 3.05) is 22.2 Å². The van der Waals surface area contributed by atoms with Crippen molar-refractivity contribution in [2.24, 2.45) is 0 Å². The SMILES string of the molecule is CC(Nc1ncnc2nc[nH]c12)c1nc2cccc(Cl)c2c(=O)n1-c1cccc(NC(=O)Nc2ccccc2S(C)(=O)=O)c1. The van der Waals surface area contributed by atoms with Crippen LogP contribution in [0.3, 0.4) is 0 Å². The Kier molecular flexibility index (Phi) is 7.45. The second-order valence-electron chi connectivity index (χ2n) is 9.83. The summed E-state index contributed by atoms with van der Waals surface area (Å²) in [4.78, 5) is 47.4. The molecule has 44 heavy (non-hydrogen) atoms. The van der Waals surface area contributed by atoms with Crippen molar-refractivity contribution in [1.82, 2.24) is 29.5 Å². The molecule has 1 atom stereocenters. The van der Waals surface area contributed by atoms with Crippen molar-refractivity contribution in [1.29, 1.82) is 0 Å². The van der Waals surface area contributed by atoms with Crippen LogP contribution in [0, 0.1) is 0 Å². The number of fused-ring (bicyclic) bond motifs is 2. The quantitative estimate of drug-likeness (QED) is 0.191. The van der Waals surface area contributed by atoms with Gasteiger partial charge in [-0.15, -0.1) is 0 Å². The Labute approximate surface area is 255 Å². The highest BCUT2D eigenvalue weighted by atomic mass is 35.5. The van der Waals surface area contributed by atoms with Gasteiger partial charge in [0.05, 0.1) is 44.6 Å². The number of para-hydroxylation sites is 1. The molecule has 3 aromatic carbocycles. The predicted molar refractivity (Wildman–Crippen MR) is 168 cm³/mol. The predicted octanol–water partition coefficient (Wildman–Crippen LogP) is 4.93. The number of H-pyrrole nitrogens is 1. The van der Waals surface area contributed by atoms with Crippen LogP contribution < -0.4 is 21.5 Å². The fraction of sp³-hybridized carbons (Fsp3) is 0.103. The number of imidazole rings is 1. The zero-order valence-corrected chi connectivity index (χ0v) is 24.8. The summed E-state index contributed by atoms with van der Waals surface area (Å²) in [6.45, 7) is 1.83. The van der Waals surface area contributed by atoms with Crippen LogP contribution in [0.25, 0.3) is 27.8 Å². The standard InChI is InChI=1S/C29H24ClN9O4S/c1-16(35-26-24-25(32-14-31-24)33-15-34-26)27-37-21-11-6-9-19(30)23(21)28(40)39(27)18-8-5-7-17(13-18)36-29(41)38-20-10-3-4-12-22(20)44(2,42)43/h3-16H,1-2H3,(H2,36,38,41)(H2,31,32,33,34,35). The third-order valence-electron chi connectivity index (χ3n) is 6.73. The number of halogens is 1. The molecule has 15 heteroatoms. The van der Waals surface area contributed by atoms with E-state index in [1.165, 1.54) is 29.4 Å². The van der Waals surface area contributed by atoms with E-state index in [0.717, 1.165) is 6.26 Å². The normalized spacial score (nSPS) is 12.2. The molecule has 6 rings (SSSR count). The second-order valence-corrected chi connectivity index (χ2v) is 12.2. The summed E-state index contributed by atoms with van der Waals surface area (Å²) in [6, 6.07) is 16.5. The monoisotopic (exact) mass is 629 g/mol. The zero-order valence-electron chi connectivity index (χ0n) is 23.2. The molecular weight excluding hydrogens is 606 g/mol. The van der Waals surface area contributed by atoms with Crippen molar-refractivity contribution in [3.05, 3.63) is 101 Å². The highest BCUT2D eigenvalue weighted by molar-refractivity contribution is 7.90. The summed E-state index contributed by atoms with van der Waals surface area (Å²) in [5.74, 6) is 0.813. The van der Waals surface area contributed by atoms with Crippen LogP contribution in [0.15, 0.2) is 89.1 Å². The molecule has 0 aliphatic heterocycles. The maximum Gasteiger partial charge on any atom is 0.323 e. The van der Waals surface area contributed by atoms with Gasteiger partial charge in [-0.05, 0) is 49.4 Å². The van der Waals surface area contributed by atoms with Gasteiger partial charge in [0.1, 0.15) is 17.7 Å². The maximum atomic E-state index is 14.0. The van der Waals surface area contributed by atoms with E-state index in [2.05, 4.69) is 35.9 Å². The van der Waals surface area contributed by atoms with E-state index in [1.54, 1.807) is 54.6 Å². The van der Waals surface area contributed by atoms with Crippen LogP contribution in [-0.2, 0) is 9.84 Å². The fourth-order valence-electron chi connectivity index (χ4n) is 4.79. The fourth-order valence-corrected chi connectivity index (χ4v) is 5.89. The van der Waals surface area contributed by atoms with Crippen molar-refractivity contribution in [3.63, 3.8) is 0 Å². The van der Waals surface area contributed by atoms with E-state index in [1.807, 2.05) is 6.92 Å². The van der Waals surface area contributed by atoms with Crippen LogP contribution in [-0.4, -0.2) is 50.2 Å². The van der Waals surface area contributed by atoms with E-state index in [0.29, 0.717) is 39.7 Å². The number of nitrogens with zero attached hydrogens (tertiary/aromatic N) is 5. The molecule has 3 aromatic heterocycles. The summed E-state index contributed by atoms with van der Waals surface area (Å²) < 4.78 is 25.7. The number of carbonyl (C=O) groups excluding carboxylic acids is 1. The van der Waals surface area contributed by atoms with E-state index >= 15 is 0 Å². The number of sulfone groups is 1. The summed E-state index contributed by atoms with van der Waals surface area (Å²) in [5, 5.41) is 9.05. The lowest BCUT2D eigenvalue weighted by molar-refractivity contribution is 0.262. The number of hydrogen-bond donors (Lipinski definition) is 4. The molecule has 0 bridgehead atoms. The molecule has 0 saturated heterocycles. The van der Waals surface area contributed by atoms with E-state index in [9.17, 15) is 18.0 Å². The Hall–Kier alpha value is -5.34. The molecule has 2 amide bonds. The van der Waals surface area contributed by atoms with Gasteiger partial charge in [-0.3, -0.25) is 9.36 Å². The van der Waals surface area contributed by atoms with Crippen molar-refractivity contribution < 1.29 is 13.2 Å². The number of amides is 2. The van der Waals surface area contributed by atoms with Gasteiger partial charge in [-0.1, -0.05) is 35.9 Å². The summed E-state index contributed by atoms with van der Waals surface area (Å²) in [5.41, 5.74) is 1.93. The highest BCUT2D eigenvalue weighted by Gasteiger charge is 2.21. The molecule has 0 aliphatic rings. The van der Waals surface area contributed by atoms with Gasteiger partial charge in [0.25, 0.3) is 5.56 Å². The van der Waals surface area contributed by atoms with Crippen LogP contribution in [0.2, 0.25) is 5.02 Å². The second kappa shape index (κ2) is 11.4. The van der Waals surface area contributed by atoms with Gasteiger partial charge in [0.2, 0.25) is 0 Å². The molecule has 0 fully saturated rings. The average Bonchev–Trinajstić information content (AvgIpc) is 3.47. The number of hydrogen-bond acceptors (Lipinski definition) is 9. The van der Waals surface area contributed by atoms with Crippen molar-refractivity contribution >= 4 is 66.7 Å². The lowest BCUT2D eigenvalue weighted by Crippen LogP contribution is -2.28. The number of rotatable bonds is 7. The lowest BCUT2D eigenvalue weighted by Gasteiger charge is -2.21. The molecule has 3 heterocycles. The number of benzene rings is 3. The Bertz CT molecular complexity index is 2230. The Morgan fingerprint density at radius 3 is 2.61 bits per heavy atom. The third kappa shape index (κ3) is 5.55. The van der Waals surface area contributed by atoms with E-state index in [-0.39, 0.29) is 21.0 Å². The molecule has 6 aromatic rings. The van der Waals surface area contributed by atoms with Crippen LogP contribution in [0.1, 0.15) is 18.8 Å². The minimum atomic E-state index is -3.58. The molecule has 4 N–H and O–H groups in total. The molecule has 13 nitrogen and oxygen atoms in total. The highest BCUT2D eigenvalue weighted by Crippen LogP contribution is 2.27. The Balaban J connectivity index is 1.39. The van der Waals surface area contributed by atoms with Crippen LogP contribution >= 0.6 is 11.6 Å². The van der Waals surface area contributed by atoms with Gasteiger partial charge in [-0.2, -0.15) is 0 Å². The van der Waals surface area contributed by atoms with Crippen LogP contribution in [0.5, 0.6) is 0 Å². The first-order chi connectivity index (χ1) is 21.1. The zero-order chi connectivity index (χ0) is 31.0. The van der Waals surface area contributed by atoms with Gasteiger partial charge >= 0.3 is 6.03 Å². The molecular formula is C29H24ClN9O4S. The molecule has 0 saturated carbocycles.